The van der Waals surface area contributed by atoms with E-state index in [4.69, 9.17) is 24.1 Å². The predicted molar refractivity (Wildman–Crippen MR) is 160 cm³/mol. The second kappa shape index (κ2) is 11.9. The van der Waals surface area contributed by atoms with Gasteiger partial charge in [-0.1, -0.05) is 66.7 Å². The molecule has 2 atom stereocenters. The minimum absolute atomic E-state index is 0.0940. The van der Waals surface area contributed by atoms with Gasteiger partial charge in [0.15, 0.2) is 0 Å². The normalized spacial score (nSPS) is 19.2. The number of fused-ring (bicyclic) bond motifs is 3. The van der Waals surface area contributed by atoms with Gasteiger partial charge in [-0.25, -0.2) is 9.18 Å². The molecule has 6 nitrogen and oxygen atoms in total. The Bertz CT molecular complexity index is 1690. The Hall–Kier alpha value is -4.72. The van der Waals surface area contributed by atoms with E-state index in [1.165, 1.54) is 19.2 Å². The minimum atomic E-state index is -0.869. The number of benzene rings is 4. The monoisotopic (exact) mass is 578 g/mol. The zero-order chi connectivity index (χ0) is 30.0. The van der Waals surface area contributed by atoms with Crippen LogP contribution in [0.15, 0.2) is 114 Å². The molecule has 2 aliphatic rings. The van der Waals surface area contributed by atoms with Gasteiger partial charge >= 0.3 is 5.97 Å². The molecule has 0 spiro atoms. The lowest BCUT2D eigenvalue weighted by atomic mass is 9.68. The Balaban J connectivity index is 1.62. The molecule has 2 unspecified atom stereocenters. The molecule has 0 bridgehead atoms. The Morgan fingerprint density at radius 1 is 0.907 bits per heavy atom. The molecule has 0 fully saturated rings. The van der Waals surface area contributed by atoms with Crippen molar-refractivity contribution in [2.75, 3.05) is 34.0 Å². The molecule has 6 rings (SSSR count). The summed E-state index contributed by atoms with van der Waals surface area (Å²) in [7, 11) is 2.98. The molecule has 1 aliphatic heterocycles. The van der Waals surface area contributed by atoms with Crippen molar-refractivity contribution < 1.29 is 33.2 Å². The zero-order valence-corrected chi connectivity index (χ0v) is 23.9. The molecule has 0 saturated carbocycles. The standard InChI is InChI=1S/C36H31FO6/c1-40-27-15-7-23(8-16-27)32-29-5-3-4-6-30(29)34-31(33(32)35(39)41-2)21-36(22-43-34,24-9-13-26(37)14-10-24)25-11-17-28(18-12-25)42-20-19-38/h3-18,21,34,38H,19-20,22H2,1-2H3. The lowest BCUT2D eigenvalue weighted by Crippen LogP contribution is -2.39. The Labute approximate surface area is 249 Å². The van der Waals surface area contributed by atoms with Crippen molar-refractivity contribution in [3.63, 3.8) is 0 Å². The number of esters is 1. The molecule has 1 heterocycles. The lowest BCUT2D eigenvalue weighted by Gasteiger charge is -2.42. The summed E-state index contributed by atoms with van der Waals surface area (Å²) >= 11 is 0. The van der Waals surface area contributed by atoms with Crippen molar-refractivity contribution in [1.29, 1.82) is 0 Å². The van der Waals surface area contributed by atoms with Crippen molar-refractivity contribution in [2.24, 2.45) is 0 Å². The summed E-state index contributed by atoms with van der Waals surface area (Å²) in [6.07, 6.45) is 1.55. The SMILES string of the molecule is COC(=O)C1=C(c2ccc(OC)cc2)c2ccccc2C2OCC(c3ccc(F)cc3)(c3ccc(OCCO)cc3)C=C12. The highest BCUT2D eigenvalue weighted by Crippen LogP contribution is 2.52. The van der Waals surface area contributed by atoms with Crippen molar-refractivity contribution >= 4 is 11.5 Å². The molecule has 43 heavy (non-hydrogen) atoms. The van der Waals surface area contributed by atoms with Gasteiger partial charge in [0.2, 0.25) is 0 Å². The molecule has 7 heteroatoms. The van der Waals surface area contributed by atoms with Crippen LogP contribution in [-0.4, -0.2) is 45.1 Å². The second-order valence-electron chi connectivity index (χ2n) is 10.4. The maximum atomic E-state index is 14.1. The third kappa shape index (κ3) is 5.11. The summed E-state index contributed by atoms with van der Waals surface area (Å²) in [4.78, 5) is 13.7. The molecule has 4 aromatic rings. The van der Waals surface area contributed by atoms with Crippen LogP contribution in [-0.2, 0) is 19.7 Å². The largest absolute Gasteiger partial charge is 0.497 e. The third-order valence-electron chi connectivity index (χ3n) is 8.07. The molecule has 0 amide bonds. The van der Waals surface area contributed by atoms with Crippen molar-refractivity contribution in [3.8, 4) is 11.5 Å². The van der Waals surface area contributed by atoms with Crippen LogP contribution >= 0.6 is 0 Å². The lowest BCUT2D eigenvalue weighted by molar-refractivity contribution is -0.136. The van der Waals surface area contributed by atoms with E-state index < -0.39 is 17.5 Å². The summed E-state index contributed by atoms with van der Waals surface area (Å²) < 4.78 is 37.2. The molecule has 1 aliphatic carbocycles. The molecule has 4 aromatic carbocycles. The van der Waals surface area contributed by atoms with E-state index in [0.29, 0.717) is 22.6 Å². The molecule has 218 valence electrons. The van der Waals surface area contributed by atoms with Gasteiger partial charge < -0.3 is 24.1 Å². The summed E-state index contributed by atoms with van der Waals surface area (Å²) in [6, 6.07) is 29.4. The van der Waals surface area contributed by atoms with Crippen molar-refractivity contribution in [2.45, 2.75) is 11.5 Å². The second-order valence-corrected chi connectivity index (χ2v) is 10.4. The number of ether oxygens (including phenoxy) is 4. The first-order valence-electron chi connectivity index (χ1n) is 14.0. The highest BCUT2D eigenvalue weighted by molar-refractivity contribution is 6.08. The first-order valence-corrected chi connectivity index (χ1v) is 14.0. The van der Waals surface area contributed by atoms with Crippen molar-refractivity contribution in [3.05, 3.63) is 148 Å². The van der Waals surface area contributed by atoms with Crippen LogP contribution in [0.25, 0.3) is 5.57 Å². The molecule has 0 radical (unpaired) electrons. The van der Waals surface area contributed by atoms with E-state index >= 15 is 0 Å². The fraction of sp³-hybridized carbons (Fsp3) is 0.194. The van der Waals surface area contributed by atoms with Crippen LogP contribution in [0.5, 0.6) is 11.5 Å². The number of aliphatic hydroxyl groups excluding tert-OH is 1. The Kier molecular flexibility index (Phi) is 7.84. The summed E-state index contributed by atoms with van der Waals surface area (Å²) in [6.45, 7) is 0.325. The first-order chi connectivity index (χ1) is 21.0. The average Bonchev–Trinajstić information content (AvgIpc) is 3.06. The topological polar surface area (TPSA) is 74.2 Å². The number of halogens is 1. The maximum Gasteiger partial charge on any atom is 0.338 e. The number of hydrogen-bond donors (Lipinski definition) is 1. The summed E-state index contributed by atoms with van der Waals surface area (Å²) in [5.41, 5.74) is 5.27. The summed E-state index contributed by atoms with van der Waals surface area (Å²) in [5.74, 6) is 0.478. The minimum Gasteiger partial charge on any atom is -0.497 e. The molecule has 0 aromatic heterocycles. The molecular formula is C36H31FO6. The first kappa shape index (κ1) is 28.4. The van der Waals surface area contributed by atoms with E-state index in [1.807, 2.05) is 72.8 Å². The fourth-order valence-corrected chi connectivity index (χ4v) is 6.02. The number of carbonyl (C=O) groups is 1. The van der Waals surface area contributed by atoms with Crippen LogP contribution in [0.3, 0.4) is 0 Å². The predicted octanol–water partition coefficient (Wildman–Crippen LogP) is 6.18. The number of aliphatic hydroxyl groups is 1. The van der Waals surface area contributed by atoms with E-state index in [2.05, 4.69) is 6.08 Å². The summed E-state index contributed by atoms with van der Waals surface area (Å²) in [5, 5.41) is 9.17. The number of carbonyl (C=O) groups excluding carboxylic acids is 1. The van der Waals surface area contributed by atoms with Crippen LogP contribution in [0.2, 0.25) is 0 Å². The van der Waals surface area contributed by atoms with Gasteiger partial charge in [0.25, 0.3) is 0 Å². The van der Waals surface area contributed by atoms with Gasteiger partial charge in [0, 0.05) is 5.57 Å². The van der Waals surface area contributed by atoms with Crippen molar-refractivity contribution in [1.82, 2.24) is 0 Å². The number of hydrogen-bond acceptors (Lipinski definition) is 6. The van der Waals surface area contributed by atoms with Crippen LogP contribution in [0.1, 0.15) is 33.9 Å². The Morgan fingerprint density at radius 3 is 2.21 bits per heavy atom. The quantitative estimate of drug-likeness (QED) is 0.252. The fourth-order valence-electron chi connectivity index (χ4n) is 6.02. The van der Waals surface area contributed by atoms with E-state index in [0.717, 1.165) is 33.4 Å². The van der Waals surface area contributed by atoms with Crippen LogP contribution < -0.4 is 9.47 Å². The van der Waals surface area contributed by atoms with Crippen LogP contribution in [0, 0.1) is 5.82 Å². The van der Waals surface area contributed by atoms with Gasteiger partial charge in [-0.05, 0) is 69.8 Å². The maximum absolute atomic E-state index is 14.1. The van der Waals surface area contributed by atoms with E-state index in [-0.39, 0.29) is 25.6 Å². The Morgan fingerprint density at radius 2 is 1.56 bits per heavy atom. The van der Waals surface area contributed by atoms with Crippen LogP contribution in [0.4, 0.5) is 4.39 Å². The van der Waals surface area contributed by atoms with E-state index in [9.17, 15) is 9.18 Å². The molecule has 1 N–H and O–H groups in total. The van der Waals surface area contributed by atoms with Gasteiger partial charge in [-0.3, -0.25) is 0 Å². The van der Waals surface area contributed by atoms with Gasteiger partial charge in [0.05, 0.1) is 38.4 Å². The highest BCUT2D eigenvalue weighted by atomic mass is 19.1. The highest BCUT2D eigenvalue weighted by Gasteiger charge is 2.45. The van der Waals surface area contributed by atoms with Gasteiger partial charge in [-0.2, -0.15) is 0 Å². The molecule has 0 saturated heterocycles. The zero-order valence-electron chi connectivity index (χ0n) is 23.9. The third-order valence-corrected chi connectivity index (χ3v) is 8.07. The number of rotatable bonds is 8. The van der Waals surface area contributed by atoms with Gasteiger partial charge in [0.1, 0.15) is 30.0 Å². The number of methoxy groups -OCH3 is 2. The van der Waals surface area contributed by atoms with E-state index in [1.54, 1.807) is 19.2 Å². The smallest absolute Gasteiger partial charge is 0.338 e. The molecular weight excluding hydrogens is 547 g/mol. The average molecular weight is 579 g/mol. The van der Waals surface area contributed by atoms with Gasteiger partial charge in [-0.15, -0.1) is 0 Å².